The molecule has 2 N–H and O–H groups in total. The second kappa shape index (κ2) is 7.44. The van der Waals surface area contributed by atoms with Crippen LogP contribution < -0.4 is 10.6 Å². The summed E-state index contributed by atoms with van der Waals surface area (Å²) >= 11 is 0. The van der Waals surface area contributed by atoms with Gasteiger partial charge in [-0.3, -0.25) is 9.59 Å². The van der Waals surface area contributed by atoms with Crippen LogP contribution in [0.3, 0.4) is 0 Å². The molecule has 1 aromatic rings. The molecular formula is C19H22F3N3O3. The average Bonchev–Trinajstić information content (AvgIpc) is 3.18. The number of alkyl halides is 3. The number of nitrogens with zero attached hydrogens (tertiary/aromatic N) is 1. The molecule has 0 aromatic heterocycles. The summed E-state index contributed by atoms with van der Waals surface area (Å²) in [6, 6.07) is 4.44. The fourth-order valence-electron chi connectivity index (χ4n) is 3.72. The van der Waals surface area contributed by atoms with E-state index in [1.54, 1.807) is 0 Å². The predicted molar refractivity (Wildman–Crippen MR) is 95.5 cm³/mol. The molecule has 1 saturated carbocycles. The maximum Gasteiger partial charge on any atom is 0.389 e. The summed E-state index contributed by atoms with van der Waals surface area (Å²) in [4.78, 5) is 38.4. The van der Waals surface area contributed by atoms with E-state index in [1.807, 2.05) is 0 Å². The maximum absolute atomic E-state index is 12.7. The Hall–Kier alpha value is -2.58. The fourth-order valence-corrected chi connectivity index (χ4v) is 3.72. The quantitative estimate of drug-likeness (QED) is 0.748. The first-order valence-corrected chi connectivity index (χ1v) is 9.24. The highest BCUT2D eigenvalue weighted by Gasteiger charge is 2.54. The van der Waals surface area contributed by atoms with Gasteiger partial charge in [0.05, 0.1) is 0 Å². The van der Waals surface area contributed by atoms with E-state index in [-0.39, 0.29) is 12.3 Å². The normalized spacial score (nSPS) is 19.8. The minimum Gasteiger partial charge on any atom is -0.324 e. The zero-order valence-electron chi connectivity index (χ0n) is 15.4. The number of carbonyl (C=O) groups is 3. The Kier molecular flexibility index (Phi) is 5.36. The van der Waals surface area contributed by atoms with Crippen LogP contribution in [0.5, 0.6) is 0 Å². The second-order valence-corrected chi connectivity index (χ2v) is 7.37. The van der Waals surface area contributed by atoms with Crippen LogP contribution in [0.2, 0.25) is 0 Å². The number of hydrogen-bond donors (Lipinski definition) is 2. The highest BCUT2D eigenvalue weighted by Crippen LogP contribution is 2.35. The number of carbonyl (C=O) groups excluding carboxylic acids is 3. The molecular weight excluding hydrogens is 375 g/mol. The van der Waals surface area contributed by atoms with Crippen molar-refractivity contribution < 1.29 is 27.6 Å². The number of nitrogens with one attached hydrogen (secondary N) is 2. The van der Waals surface area contributed by atoms with Crippen molar-refractivity contribution in [3.63, 3.8) is 0 Å². The van der Waals surface area contributed by atoms with E-state index in [2.05, 4.69) is 10.6 Å². The lowest BCUT2D eigenvalue weighted by molar-refractivity contribution is -0.136. The third-order valence-electron chi connectivity index (χ3n) is 5.34. The number of urea groups is 1. The molecule has 28 heavy (non-hydrogen) atoms. The van der Waals surface area contributed by atoms with Gasteiger partial charge in [-0.15, -0.1) is 0 Å². The summed E-state index contributed by atoms with van der Waals surface area (Å²) in [6.45, 7) is 1.47. The number of anilines is 1. The first-order chi connectivity index (χ1) is 13.1. The zero-order valence-corrected chi connectivity index (χ0v) is 15.4. The molecule has 1 aromatic carbocycles. The van der Waals surface area contributed by atoms with E-state index in [1.165, 1.54) is 31.2 Å². The highest BCUT2D eigenvalue weighted by atomic mass is 19.4. The van der Waals surface area contributed by atoms with E-state index in [0.717, 1.165) is 17.7 Å². The topological polar surface area (TPSA) is 78.5 Å². The van der Waals surface area contributed by atoms with Crippen molar-refractivity contribution >= 4 is 23.5 Å². The van der Waals surface area contributed by atoms with Gasteiger partial charge in [0.1, 0.15) is 11.6 Å². The summed E-state index contributed by atoms with van der Waals surface area (Å²) in [6.07, 6.45) is -2.43. The van der Waals surface area contributed by atoms with Gasteiger partial charge in [0, 0.05) is 12.1 Å². The van der Waals surface area contributed by atoms with Crippen LogP contribution in [0.1, 0.15) is 44.6 Å². The third-order valence-corrected chi connectivity index (χ3v) is 5.34. The molecule has 1 spiro atoms. The molecule has 2 fully saturated rings. The molecule has 3 rings (SSSR count). The molecule has 152 valence electrons. The van der Waals surface area contributed by atoms with Gasteiger partial charge in [0.15, 0.2) is 0 Å². The Labute approximate surface area is 160 Å². The maximum atomic E-state index is 12.7. The molecule has 6 nitrogen and oxygen atoms in total. The number of rotatable bonds is 5. The van der Waals surface area contributed by atoms with Gasteiger partial charge in [-0.1, -0.05) is 25.0 Å². The van der Waals surface area contributed by atoms with Crippen LogP contribution in [0.4, 0.5) is 23.7 Å². The summed E-state index contributed by atoms with van der Waals surface area (Å²) in [7, 11) is 0. The summed E-state index contributed by atoms with van der Waals surface area (Å²) in [5.41, 5.74) is 0.00190. The van der Waals surface area contributed by atoms with E-state index in [9.17, 15) is 27.6 Å². The van der Waals surface area contributed by atoms with E-state index in [4.69, 9.17) is 0 Å². The summed E-state index contributed by atoms with van der Waals surface area (Å²) in [5.74, 6) is -0.915. The van der Waals surface area contributed by atoms with Crippen molar-refractivity contribution in [2.24, 2.45) is 0 Å². The molecule has 1 aliphatic heterocycles. The van der Waals surface area contributed by atoms with E-state index in [0.29, 0.717) is 24.1 Å². The highest BCUT2D eigenvalue weighted by molar-refractivity contribution is 6.11. The average molecular weight is 397 g/mol. The van der Waals surface area contributed by atoms with Crippen molar-refractivity contribution in [2.75, 3.05) is 5.32 Å². The minimum atomic E-state index is -4.22. The van der Waals surface area contributed by atoms with Crippen LogP contribution in [-0.2, 0) is 16.0 Å². The van der Waals surface area contributed by atoms with Crippen LogP contribution in [-0.4, -0.2) is 40.5 Å². The van der Waals surface area contributed by atoms with Gasteiger partial charge in [-0.05, 0) is 43.9 Å². The molecule has 1 saturated heterocycles. The van der Waals surface area contributed by atoms with Gasteiger partial charge in [0.25, 0.3) is 5.91 Å². The Morgan fingerprint density at radius 3 is 2.39 bits per heavy atom. The lowest BCUT2D eigenvalue weighted by Crippen LogP contribution is -2.48. The molecule has 1 aliphatic carbocycles. The lowest BCUT2D eigenvalue weighted by atomic mass is 9.97. The molecule has 0 unspecified atom stereocenters. The molecule has 2 aliphatic rings. The van der Waals surface area contributed by atoms with Crippen LogP contribution >= 0.6 is 0 Å². The Bertz CT molecular complexity index is 771. The lowest BCUT2D eigenvalue weighted by Gasteiger charge is -2.23. The first-order valence-electron chi connectivity index (χ1n) is 9.24. The van der Waals surface area contributed by atoms with E-state index >= 15 is 0 Å². The van der Waals surface area contributed by atoms with Gasteiger partial charge < -0.3 is 10.6 Å². The predicted octanol–water partition coefficient (Wildman–Crippen LogP) is 3.37. The SMILES string of the molecule is C[C@H](C(=O)Nc1ccc(CCC(F)(F)F)cc1)N1C(=O)NC2(CCCC2)C1=O. The Morgan fingerprint density at radius 2 is 1.82 bits per heavy atom. The minimum absolute atomic E-state index is 0.140. The zero-order chi connectivity index (χ0) is 20.5. The van der Waals surface area contributed by atoms with Gasteiger partial charge >= 0.3 is 12.2 Å². The number of halogens is 3. The smallest absolute Gasteiger partial charge is 0.324 e. The monoisotopic (exact) mass is 397 g/mol. The molecule has 0 radical (unpaired) electrons. The van der Waals surface area contributed by atoms with Crippen molar-refractivity contribution in [3.8, 4) is 0 Å². The van der Waals surface area contributed by atoms with Gasteiger partial charge in [-0.25, -0.2) is 9.69 Å². The van der Waals surface area contributed by atoms with Crippen molar-refractivity contribution in [1.82, 2.24) is 10.2 Å². The first kappa shape index (κ1) is 20.2. The van der Waals surface area contributed by atoms with Crippen LogP contribution in [0.25, 0.3) is 0 Å². The van der Waals surface area contributed by atoms with Gasteiger partial charge in [-0.2, -0.15) is 13.2 Å². The van der Waals surface area contributed by atoms with E-state index < -0.39 is 36.1 Å². The standard InChI is InChI=1S/C19H22F3N3O3/c1-12(25-16(27)18(24-17(25)28)9-2-3-10-18)15(26)23-14-6-4-13(5-7-14)8-11-19(20,21)22/h4-7,12H,2-3,8-11H2,1H3,(H,23,26)(H,24,28)/t12-/m1/s1. The van der Waals surface area contributed by atoms with Crippen molar-refractivity contribution in [2.45, 2.75) is 63.2 Å². The van der Waals surface area contributed by atoms with Crippen LogP contribution in [0.15, 0.2) is 24.3 Å². The largest absolute Gasteiger partial charge is 0.389 e. The number of hydrogen-bond acceptors (Lipinski definition) is 3. The molecule has 9 heteroatoms. The molecule has 4 amide bonds. The van der Waals surface area contributed by atoms with Crippen molar-refractivity contribution in [3.05, 3.63) is 29.8 Å². The second-order valence-electron chi connectivity index (χ2n) is 7.37. The van der Waals surface area contributed by atoms with Crippen LogP contribution in [0, 0.1) is 0 Å². The molecule has 0 bridgehead atoms. The number of imide groups is 1. The fraction of sp³-hybridized carbons (Fsp3) is 0.526. The van der Waals surface area contributed by atoms with Crippen molar-refractivity contribution in [1.29, 1.82) is 0 Å². The molecule has 1 atom stereocenters. The van der Waals surface area contributed by atoms with Gasteiger partial charge in [0.2, 0.25) is 5.91 Å². The number of benzene rings is 1. The summed E-state index contributed by atoms with van der Waals surface area (Å²) in [5, 5.41) is 5.33. The third kappa shape index (κ3) is 4.13. The Balaban J connectivity index is 1.61. The molecule has 1 heterocycles. The Morgan fingerprint density at radius 1 is 1.21 bits per heavy atom. The number of amides is 4. The summed E-state index contributed by atoms with van der Waals surface area (Å²) < 4.78 is 36.8. The number of aryl methyl sites for hydroxylation is 1.